The second-order valence-corrected chi connectivity index (χ2v) is 5.43. The molecule has 0 spiro atoms. The Balaban J connectivity index is 1.65. The van der Waals surface area contributed by atoms with Crippen molar-refractivity contribution in [2.45, 2.75) is 13.5 Å². The van der Waals surface area contributed by atoms with Gasteiger partial charge in [-0.15, -0.1) is 0 Å². The molecule has 3 rings (SSSR count). The molecule has 0 radical (unpaired) electrons. The fraction of sp³-hybridized carbons (Fsp3) is 0.222. The second kappa shape index (κ2) is 8.65. The molecule has 0 aliphatic rings. The normalized spacial score (nSPS) is 10.3. The third kappa shape index (κ3) is 4.51. The standard InChI is InChI=1S/C18H20N6O3/c1-3-27-16-9-14(6-7-15(16)26-2)23-18(25)21-10-13-5-4-8-20-17(13)24-12-19-11-22-24/h4-9,11-12H,3,10H2,1-2H3,(H2,21,23,25). The van der Waals surface area contributed by atoms with Crippen LogP contribution in [0.15, 0.2) is 49.2 Å². The molecule has 0 unspecified atom stereocenters. The molecule has 3 aromatic rings. The number of carbonyl (C=O) groups is 1. The number of nitrogens with zero attached hydrogens (tertiary/aromatic N) is 4. The van der Waals surface area contributed by atoms with Crippen LogP contribution in [0.2, 0.25) is 0 Å². The van der Waals surface area contributed by atoms with Crippen molar-refractivity contribution in [3.8, 4) is 17.3 Å². The van der Waals surface area contributed by atoms with E-state index in [0.29, 0.717) is 29.6 Å². The summed E-state index contributed by atoms with van der Waals surface area (Å²) in [4.78, 5) is 20.5. The van der Waals surface area contributed by atoms with Crippen LogP contribution < -0.4 is 20.1 Å². The van der Waals surface area contributed by atoms with Crippen LogP contribution in [-0.2, 0) is 6.54 Å². The highest BCUT2D eigenvalue weighted by Gasteiger charge is 2.10. The number of urea groups is 1. The number of amides is 2. The van der Waals surface area contributed by atoms with Crippen LogP contribution in [0.1, 0.15) is 12.5 Å². The van der Waals surface area contributed by atoms with Crippen LogP contribution >= 0.6 is 0 Å². The van der Waals surface area contributed by atoms with Gasteiger partial charge in [0, 0.05) is 30.1 Å². The lowest BCUT2D eigenvalue weighted by atomic mass is 10.2. The van der Waals surface area contributed by atoms with Crippen molar-refractivity contribution in [1.82, 2.24) is 25.1 Å². The molecule has 2 heterocycles. The van der Waals surface area contributed by atoms with E-state index in [-0.39, 0.29) is 12.6 Å². The van der Waals surface area contributed by atoms with Gasteiger partial charge < -0.3 is 20.1 Å². The first-order chi connectivity index (χ1) is 13.2. The topological polar surface area (TPSA) is 103 Å². The summed E-state index contributed by atoms with van der Waals surface area (Å²) in [5.74, 6) is 1.78. The van der Waals surface area contributed by atoms with E-state index in [1.807, 2.05) is 13.0 Å². The summed E-state index contributed by atoms with van der Waals surface area (Å²) < 4.78 is 12.3. The van der Waals surface area contributed by atoms with Crippen molar-refractivity contribution in [2.75, 3.05) is 19.0 Å². The summed E-state index contributed by atoms with van der Waals surface area (Å²) in [5, 5.41) is 9.66. The van der Waals surface area contributed by atoms with Gasteiger partial charge in [-0.2, -0.15) is 5.10 Å². The lowest BCUT2D eigenvalue weighted by molar-refractivity contribution is 0.251. The number of hydrogen-bond donors (Lipinski definition) is 2. The smallest absolute Gasteiger partial charge is 0.319 e. The molecule has 27 heavy (non-hydrogen) atoms. The Bertz CT molecular complexity index is 898. The van der Waals surface area contributed by atoms with Gasteiger partial charge >= 0.3 is 6.03 Å². The lowest BCUT2D eigenvalue weighted by Crippen LogP contribution is -2.28. The van der Waals surface area contributed by atoms with Gasteiger partial charge in [0.15, 0.2) is 17.3 Å². The van der Waals surface area contributed by atoms with E-state index >= 15 is 0 Å². The van der Waals surface area contributed by atoms with E-state index in [1.165, 1.54) is 6.33 Å². The van der Waals surface area contributed by atoms with E-state index in [4.69, 9.17) is 9.47 Å². The molecule has 0 atom stereocenters. The maximum absolute atomic E-state index is 12.3. The Kier molecular flexibility index (Phi) is 5.83. The average molecular weight is 368 g/mol. The first kappa shape index (κ1) is 18.2. The highest BCUT2D eigenvalue weighted by molar-refractivity contribution is 5.89. The summed E-state index contributed by atoms with van der Waals surface area (Å²) in [6, 6.07) is 8.51. The van der Waals surface area contributed by atoms with Crippen LogP contribution in [0, 0.1) is 0 Å². The molecular weight excluding hydrogens is 348 g/mol. The number of anilines is 1. The largest absolute Gasteiger partial charge is 0.493 e. The van der Waals surface area contributed by atoms with Gasteiger partial charge in [0.25, 0.3) is 0 Å². The molecule has 2 N–H and O–H groups in total. The summed E-state index contributed by atoms with van der Waals surface area (Å²) in [6.45, 7) is 2.66. The molecule has 0 fully saturated rings. The van der Waals surface area contributed by atoms with E-state index < -0.39 is 0 Å². The fourth-order valence-corrected chi connectivity index (χ4v) is 2.47. The van der Waals surface area contributed by atoms with Crippen LogP contribution in [0.25, 0.3) is 5.82 Å². The van der Waals surface area contributed by atoms with Gasteiger partial charge in [0.05, 0.1) is 13.7 Å². The Morgan fingerprint density at radius 2 is 2.15 bits per heavy atom. The highest BCUT2D eigenvalue weighted by Crippen LogP contribution is 2.30. The number of methoxy groups -OCH3 is 1. The Hall–Kier alpha value is -3.62. The number of carbonyl (C=O) groups excluding carboxylic acids is 1. The molecule has 0 aliphatic heterocycles. The van der Waals surface area contributed by atoms with Crippen LogP contribution in [0.3, 0.4) is 0 Å². The Labute approximate surface area is 156 Å². The van der Waals surface area contributed by atoms with Gasteiger partial charge in [0.1, 0.15) is 12.7 Å². The molecule has 2 aromatic heterocycles. The first-order valence-corrected chi connectivity index (χ1v) is 8.36. The number of hydrogen-bond acceptors (Lipinski definition) is 6. The zero-order chi connectivity index (χ0) is 19.1. The van der Waals surface area contributed by atoms with Gasteiger partial charge in [-0.05, 0) is 25.1 Å². The number of rotatable bonds is 7. The third-order valence-corrected chi connectivity index (χ3v) is 3.66. The summed E-state index contributed by atoms with van der Waals surface area (Å²) in [7, 11) is 1.57. The van der Waals surface area contributed by atoms with Gasteiger partial charge in [-0.25, -0.2) is 19.4 Å². The van der Waals surface area contributed by atoms with Crippen LogP contribution in [-0.4, -0.2) is 39.5 Å². The van der Waals surface area contributed by atoms with Crippen LogP contribution in [0.5, 0.6) is 11.5 Å². The van der Waals surface area contributed by atoms with Crippen molar-refractivity contribution in [2.24, 2.45) is 0 Å². The Morgan fingerprint density at radius 1 is 1.26 bits per heavy atom. The summed E-state index contributed by atoms with van der Waals surface area (Å²) in [5.41, 5.74) is 1.40. The quantitative estimate of drug-likeness (QED) is 0.664. The molecule has 0 saturated carbocycles. The minimum absolute atomic E-state index is 0.281. The van der Waals surface area contributed by atoms with Crippen molar-refractivity contribution in [3.05, 3.63) is 54.7 Å². The molecule has 9 nitrogen and oxygen atoms in total. The molecule has 2 amide bonds. The summed E-state index contributed by atoms with van der Waals surface area (Å²) in [6.07, 6.45) is 4.64. The minimum Gasteiger partial charge on any atom is -0.493 e. The molecule has 0 bridgehead atoms. The molecule has 1 aromatic carbocycles. The van der Waals surface area contributed by atoms with Crippen LogP contribution in [0.4, 0.5) is 10.5 Å². The molecular formula is C18H20N6O3. The Morgan fingerprint density at radius 3 is 2.89 bits per heavy atom. The number of nitrogens with one attached hydrogen (secondary N) is 2. The maximum Gasteiger partial charge on any atom is 0.319 e. The number of ether oxygens (including phenoxy) is 2. The predicted octanol–water partition coefficient (Wildman–Crippen LogP) is 2.39. The fourth-order valence-electron chi connectivity index (χ4n) is 2.47. The maximum atomic E-state index is 12.3. The highest BCUT2D eigenvalue weighted by atomic mass is 16.5. The molecule has 0 saturated heterocycles. The van der Waals surface area contributed by atoms with E-state index in [2.05, 4.69) is 25.7 Å². The minimum atomic E-state index is -0.351. The zero-order valence-electron chi connectivity index (χ0n) is 15.0. The average Bonchev–Trinajstić information content (AvgIpc) is 3.22. The number of aromatic nitrogens is 4. The van der Waals surface area contributed by atoms with E-state index in [0.717, 1.165) is 5.56 Å². The van der Waals surface area contributed by atoms with E-state index in [9.17, 15) is 4.79 Å². The molecule has 0 aliphatic carbocycles. The van der Waals surface area contributed by atoms with Crippen molar-refractivity contribution < 1.29 is 14.3 Å². The first-order valence-electron chi connectivity index (χ1n) is 8.36. The molecule has 9 heteroatoms. The number of benzene rings is 1. The lowest BCUT2D eigenvalue weighted by Gasteiger charge is -2.13. The predicted molar refractivity (Wildman–Crippen MR) is 99.2 cm³/mol. The number of pyridine rings is 1. The second-order valence-electron chi connectivity index (χ2n) is 5.43. The zero-order valence-corrected chi connectivity index (χ0v) is 15.0. The SMILES string of the molecule is CCOc1cc(NC(=O)NCc2cccnc2-n2cncn2)ccc1OC. The summed E-state index contributed by atoms with van der Waals surface area (Å²) >= 11 is 0. The van der Waals surface area contributed by atoms with Crippen molar-refractivity contribution >= 4 is 11.7 Å². The van der Waals surface area contributed by atoms with Gasteiger partial charge in [-0.1, -0.05) is 6.07 Å². The molecule has 140 valence electrons. The van der Waals surface area contributed by atoms with Gasteiger partial charge in [-0.3, -0.25) is 0 Å². The van der Waals surface area contributed by atoms with E-state index in [1.54, 1.807) is 48.6 Å². The van der Waals surface area contributed by atoms with Gasteiger partial charge in [0.2, 0.25) is 0 Å². The monoisotopic (exact) mass is 368 g/mol. The van der Waals surface area contributed by atoms with Crippen molar-refractivity contribution in [3.63, 3.8) is 0 Å². The van der Waals surface area contributed by atoms with Crippen molar-refractivity contribution in [1.29, 1.82) is 0 Å². The third-order valence-electron chi connectivity index (χ3n) is 3.66.